The second-order valence-electron chi connectivity index (χ2n) is 4.41. The minimum absolute atomic E-state index is 0.0982. The summed E-state index contributed by atoms with van der Waals surface area (Å²) in [5.41, 5.74) is 0.965. The molecule has 0 unspecified atom stereocenters. The van der Waals surface area contributed by atoms with Crippen molar-refractivity contribution in [2.45, 2.75) is 20.4 Å². The van der Waals surface area contributed by atoms with E-state index in [9.17, 15) is 4.79 Å². The van der Waals surface area contributed by atoms with Crippen molar-refractivity contribution in [3.05, 3.63) is 28.2 Å². The standard InChI is InChI=1S/C16H21BrN2O2/c1-4-9-21-15-8-7-14(17)10-13(15)11-18-12-16(20)19(5-2)6-3/h1,7-8,10,18H,5-6,9,11-12H2,2-3H3. The zero-order valence-electron chi connectivity index (χ0n) is 12.5. The summed E-state index contributed by atoms with van der Waals surface area (Å²) in [4.78, 5) is 13.7. The Morgan fingerprint density at radius 2 is 2.14 bits per heavy atom. The molecule has 0 aliphatic heterocycles. The van der Waals surface area contributed by atoms with Crippen molar-refractivity contribution < 1.29 is 9.53 Å². The molecule has 0 aromatic heterocycles. The van der Waals surface area contributed by atoms with Gasteiger partial charge in [0, 0.05) is 29.7 Å². The van der Waals surface area contributed by atoms with E-state index >= 15 is 0 Å². The van der Waals surface area contributed by atoms with E-state index < -0.39 is 0 Å². The Morgan fingerprint density at radius 3 is 2.76 bits per heavy atom. The highest BCUT2D eigenvalue weighted by atomic mass is 79.9. The predicted molar refractivity (Wildman–Crippen MR) is 88.1 cm³/mol. The van der Waals surface area contributed by atoms with Crippen LogP contribution in [0.4, 0.5) is 0 Å². The van der Waals surface area contributed by atoms with Gasteiger partial charge in [-0.05, 0) is 32.0 Å². The molecule has 0 aliphatic rings. The zero-order chi connectivity index (χ0) is 15.7. The van der Waals surface area contributed by atoms with E-state index in [0.29, 0.717) is 13.1 Å². The zero-order valence-corrected chi connectivity index (χ0v) is 14.1. The summed E-state index contributed by atoms with van der Waals surface area (Å²) >= 11 is 3.43. The summed E-state index contributed by atoms with van der Waals surface area (Å²) in [6.07, 6.45) is 5.21. The van der Waals surface area contributed by atoms with E-state index in [4.69, 9.17) is 11.2 Å². The summed E-state index contributed by atoms with van der Waals surface area (Å²) < 4.78 is 6.46. The molecule has 0 fully saturated rings. The molecule has 4 nitrogen and oxygen atoms in total. The Bertz CT molecular complexity index is 507. The Hall–Kier alpha value is -1.51. The maximum Gasteiger partial charge on any atom is 0.236 e. The summed E-state index contributed by atoms with van der Waals surface area (Å²) in [6, 6.07) is 5.72. The second-order valence-corrected chi connectivity index (χ2v) is 5.33. The lowest BCUT2D eigenvalue weighted by Gasteiger charge is -2.19. The maximum absolute atomic E-state index is 11.9. The quantitative estimate of drug-likeness (QED) is 0.730. The predicted octanol–water partition coefficient (Wildman–Crippen LogP) is 2.42. The van der Waals surface area contributed by atoms with Gasteiger partial charge in [0.1, 0.15) is 12.4 Å². The van der Waals surface area contributed by atoms with E-state index in [1.807, 2.05) is 32.0 Å². The number of nitrogens with zero attached hydrogens (tertiary/aromatic N) is 1. The molecule has 1 N–H and O–H groups in total. The fourth-order valence-corrected chi connectivity index (χ4v) is 2.35. The van der Waals surface area contributed by atoms with E-state index in [-0.39, 0.29) is 12.5 Å². The number of likely N-dealkylation sites (N-methyl/N-ethyl adjacent to an activating group) is 1. The van der Waals surface area contributed by atoms with E-state index in [1.54, 1.807) is 4.90 Å². The molecule has 0 aliphatic carbocycles. The van der Waals surface area contributed by atoms with Crippen LogP contribution in [0.25, 0.3) is 0 Å². The van der Waals surface area contributed by atoms with Crippen LogP contribution in [-0.2, 0) is 11.3 Å². The molecule has 0 radical (unpaired) electrons. The van der Waals surface area contributed by atoms with Crippen LogP contribution >= 0.6 is 15.9 Å². The number of carbonyl (C=O) groups excluding carboxylic acids is 1. The minimum Gasteiger partial charge on any atom is -0.481 e. The van der Waals surface area contributed by atoms with Crippen LogP contribution in [0, 0.1) is 12.3 Å². The van der Waals surface area contributed by atoms with Gasteiger partial charge in [-0.2, -0.15) is 0 Å². The van der Waals surface area contributed by atoms with Crippen LogP contribution in [0.2, 0.25) is 0 Å². The third kappa shape index (κ3) is 5.78. The molecule has 1 amide bonds. The first-order valence-electron chi connectivity index (χ1n) is 6.95. The summed E-state index contributed by atoms with van der Waals surface area (Å²) in [5.74, 6) is 3.28. The molecule has 114 valence electrons. The Balaban J connectivity index is 2.60. The average molecular weight is 353 g/mol. The highest BCUT2D eigenvalue weighted by Gasteiger charge is 2.10. The Kier molecular flexibility index (Phi) is 7.88. The highest BCUT2D eigenvalue weighted by molar-refractivity contribution is 9.10. The van der Waals surface area contributed by atoms with Crippen molar-refractivity contribution >= 4 is 21.8 Å². The van der Waals surface area contributed by atoms with Crippen LogP contribution in [-0.4, -0.2) is 37.0 Å². The summed E-state index contributed by atoms with van der Waals surface area (Å²) in [6.45, 7) is 6.49. The molecule has 0 spiro atoms. The van der Waals surface area contributed by atoms with Crippen molar-refractivity contribution in [1.82, 2.24) is 10.2 Å². The fourth-order valence-electron chi connectivity index (χ4n) is 1.94. The number of hydrogen-bond acceptors (Lipinski definition) is 3. The number of terminal acetylenes is 1. The minimum atomic E-state index is 0.0982. The van der Waals surface area contributed by atoms with Crippen LogP contribution in [0.15, 0.2) is 22.7 Å². The van der Waals surface area contributed by atoms with Gasteiger partial charge in [0.15, 0.2) is 0 Å². The number of hydrogen-bond donors (Lipinski definition) is 1. The lowest BCUT2D eigenvalue weighted by molar-refractivity contribution is -0.129. The van der Waals surface area contributed by atoms with Gasteiger partial charge >= 0.3 is 0 Å². The smallest absolute Gasteiger partial charge is 0.236 e. The van der Waals surface area contributed by atoms with Crippen molar-refractivity contribution in [2.24, 2.45) is 0 Å². The largest absolute Gasteiger partial charge is 0.481 e. The molecule has 0 bridgehead atoms. The number of rotatable bonds is 8. The topological polar surface area (TPSA) is 41.6 Å². The lowest BCUT2D eigenvalue weighted by atomic mass is 10.2. The Morgan fingerprint density at radius 1 is 1.43 bits per heavy atom. The van der Waals surface area contributed by atoms with Crippen molar-refractivity contribution in [3.8, 4) is 18.1 Å². The third-order valence-corrected chi connectivity index (χ3v) is 3.53. The number of ether oxygens (including phenoxy) is 1. The SMILES string of the molecule is C#CCOc1ccc(Br)cc1CNCC(=O)N(CC)CC. The average Bonchev–Trinajstić information content (AvgIpc) is 2.47. The third-order valence-electron chi connectivity index (χ3n) is 3.04. The summed E-state index contributed by atoms with van der Waals surface area (Å²) in [5, 5.41) is 3.15. The molecule has 0 saturated heterocycles. The van der Waals surface area contributed by atoms with Crippen LogP contribution in [0.1, 0.15) is 19.4 Å². The van der Waals surface area contributed by atoms with E-state index in [2.05, 4.69) is 27.2 Å². The first-order valence-corrected chi connectivity index (χ1v) is 7.74. The normalized spacial score (nSPS) is 10.0. The van der Waals surface area contributed by atoms with Crippen LogP contribution in [0.3, 0.4) is 0 Å². The van der Waals surface area contributed by atoms with E-state index in [0.717, 1.165) is 28.9 Å². The first-order chi connectivity index (χ1) is 10.1. The number of amides is 1. The van der Waals surface area contributed by atoms with Gasteiger partial charge in [0.25, 0.3) is 0 Å². The van der Waals surface area contributed by atoms with Crippen molar-refractivity contribution in [3.63, 3.8) is 0 Å². The monoisotopic (exact) mass is 352 g/mol. The van der Waals surface area contributed by atoms with Gasteiger partial charge in [0.05, 0.1) is 6.54 Å². The summed E-state index contributed by atoms with van der Waals surface area (Å²) in [7, 11) is 0. The van der Waals surface area contributed by atoms with Gasteiger partial charge in [-0.1, -0.05) is 21.9 Å². The molecule has 1 rings (SSSR count). The fraction of sp³-hybridized carbons (Fsp3) is 0.438. The van der Waals surface area contributed by atoms with Crippen LogP contribution in [0.5, 0.6) is 5.75 Å². The number of halogens is 1. The first kappa shape index (κ1) is 17.5. The molecular formula is C16H21BrN2O2. The second kappa shape index (κ2) is 9.43. The van der Waals surface area contributed by atoms with Gasteiger partial charge < -0.3 is 15.0 Å². The molecule has 1 aromatic rings. The van der Waals surface area contributed by atoms with Gasteiger partial charge in [-0.3, -0.25) is 4.79 Å². The number of nitrogens with one attached hydrogen (secondary N) is 1. The van der Waals surface area contributed by atoms with Crippen LogP contribution < -0.4 is 10.1 Å². The molecule has 0 heterocycles. The maximum atomic E-state index is 11.9. The van der Waals surface area contributed by atoms with Gasteiger partial charge in [-0.15, -0.1) is 6.42 Å². The molecule has 0 saturated carbocycles. The van der Waals surface area contributed by atoms with Gasteiger partial charge in [-0.25, -0.2) is 0 Å². The lowest BCUT2D eigenvalue weighted by Crippen LogP contribution is -2.37. The number of benzene rings is 1. The van der Waals surface area contributed by atoms with E-state index in [1.165, 1.54) is 0 Å². The highest BCUT2D eigenvalue weighted by Crippen LogP contribution is 2.23. The molecule has 21 heavy (non-hydrogen) atoms. The molecule has 1 aromatic carbocycles. The van der Waals surface area contributed by atoms with Crippen molar-refractivity contribution in [2.75, 3.05) is 26.2 Å². The molecule has 5 heteroatoms. The van der Waals surface area contributed by atoms with Gasteiger partial charge in [0.2, 0.25) is 5.91 Å². The molecular weight excluding hydrogens is 332 g/mol. The van der Waals surface area contributed by atoms with Crippen molar-refractivity contribution in [1.29, 1.82) is 0 Å². The molecule has 0 atom stereocenters. The Labute approximate surface area is 135 Å². The number of carbonyl (C=O) groups is 1.